The highest BCUT2D eigenvalue weighted by Gasteiger charge is 2.34. The number of alkyl carbamates (subject to hydrolysis) is 1. The van der Waals surface area contributed by atoms with Crippen LogP contribution >= 0.6 is 0 Å². The number of nitrogens with zero attached hydrogens (tertiary/aromatic N) is 4. The first-order chi connectivity index (χ1) is 19.7. The fraction of sp³-hybridized carbons (Fsp3) is 0.625. The molecule has 10 nitrogen and oxygen atoms in total. The van der Waals surface area contributed by atoms with E-state index in [1.165, 1.54) is 39.3 Å². The zero-order valence-electron chi connectivity index (χ0n) is 26.6. The Morgan fingerprint density at radius 2 is 1.74 bits per heavy atom. The minimum absolute atomic E-state index is 0.00441. The van der Waals surface area contributed by atoms with E-state index in [9.17, 15) is 14.4 Å². The molecular weight excluding hydrogens is 534 g/mol. The van der Waals surface area contributed by atoms with Gasteiger partial charge in [-0.3, -0.25) is 14.3 Å². The molecule has 2 atom stereocenters. The molecule has 2 aromatic rings. The van der Waals surface area contributed by atoms with Gasteiger partial charge in [0.15, 0.2) is 0 Å². The van der Waals surface area contributed by atoms with Crippen LogP contribution in [0.5, 0.6) is 0 Å². The molecule has 1 fully saturated rings. The van der Waals surface area contributed by atoms with Crippen molar-refractivity contribution in [3.8, 4) is 11.1 Å². The van der Waals surface area contributed by atoms with Gasteiger partial charge >= 0.3 is 12.1 Å². The van der Waals surface area contributed by atoms with Crippen LogP contribution in [0.3, 0.4) is 0 Å². The normalized spacial score (nSPS) is 18.9. The number of amides is 2. The summed E-state index contributed by atoms with van der Waals surface area (Å²) in [4.78, 5) is 39.3. The lowest BCUT2D eigenvalue weighted by Crippen LogP contribution is -2.45. The predicted octanol–water partition coefficient (Wildman–Crippen LogP) is 5.70. The van der Waals surface area contributed by atoms with Gasteiger partial charge in [0.25, 0.3) is 0 Å². The summed E-state index contributed by atoms with van der Waals surface area (Å²) in [5.41, 5.74) is 3.48. The molecule has 0 aliphatic carbocycles. The Bertz CT molecular complexity index is 1210. The third-order valence-electron chi connectivity index (χ3n) is 7.16. The number of rotatable bonds is 6. The highest BCUT2D eigenvalue weighted by atomic mass is 16.6. The molecule has 1 aromatic carbocycles. The predicted molar refractivity (Wildman–Crippen MR) is 164 cm³/mol. The number of esters is 1. The fourth-order valence-corrected chi connectivity index (χ4v) is 5.54. The molecule has 0 spiro atoms. The van der Waals surface area contributed by atoms with Crippen LogP contribution < -0.4 is 10.2 Å². The third kappa shape index (κ3) is 9.86. The molecule has 1 saturated heterocycles. The molecule has 1 N–H and O–H groups in total. The van der Waals surface area contributed by atoms with Crippen molar-refractivity contribution in [3.05, 3.63) is 36.2 Å². The van der Waals surface area contributed by atoms with Crippen LogP contribution in [0.15, 0.2) is 30.6 Å². The Balaban J connectivity index is 0.000000531. The van der Waals surface area contributed by atoms with Crippen LogP contribution in [-0.4, -0.2) is 70.0 Å². The number of fused-ring (bicyclic) bond motifs is 1. The summed E-state index contributed by atoms with van der Waals surface area (Å²) >= 11 is 0. The number of aromatic nitrogens is 2. The van der Waals surface area contributed by atoms with Crippen molar-refractivity contribution in [2.24, 2.45) is 0 Å². The van der Waals surface area contributed by atoms with E-state index in [0.717, 1.165) is 35.5 Å². The number of carbonyl (C=O) groups is 3. The minimum atomic E-state index is -0.439. The topological polar surface area (TPSA) is 106 Å². The first kappa shape index (κ1) is 33.1. The summed E-state index contributed by atoms with van der Waals surface area (Å²) in [5, 5.41) is 7.59. The summed E-state index contributed by atoms with van der Waals surface area (Å²) in [6, 6.07) is 5.82. The molecule has 2 amide bonds. The summed E-state index contributed by atoms with van der Waals surface area (Å²) < 4.78 is 12.1. The van der Waals surface area contributed by atoms with Crippen molar-refractivity contribution < 1.29 is 23.9 Å². The van der Waals surface area contributed by atoms with Gasteiger partial charge in [0.2, 0.25) is 5.91 Å². The second kappa shape index (κ2) is 14.7. The van der Waals surface area contributed by atoms with Gasteiger partial charge in [0.05, 0.1) is 24.9 Å². The zero-order chi connectivity index (χ0) is 31.0. The summed E-state index contributed by atoms with van der Waals surface area (Å²) in [7, 11) is 0. The minimum Gasteiger partial charge on any atom is -0.460 e. The number of piperidine rings is 1. The molecule has 1 aromatic heterocycles. The van der Waals surface area contributed by atoms with Crippen molar-refractivity contribution in [2.75, 3.05) is 24.5 Å². The van der Waals surface area contributed by atoms with Crippen LogP contribution in [0.1, 0.15) is 92.7 Å². The highest BCUT2D eigenvalue weighted by molar-refractivity contribution is 5.94. The van der Waals surface area contributed by atoms with E-state index in [1.807, 2.05) is 69.5 Å². The van der Waals surface area contributed by atoms with Crippen molar-refractivity contribution in [1.82, 2.24) is 20.0 Å². The van der Waals surface area contributed by atoms with Crippen molar-refractivity contribution in [3.63, 3.8) is 0 Å². The van der Waals surface area contributed by atoms with Crippen LogP contribution in [0, 0.1) is 0 Å². The van der Waals surface area contributed by atoms with Gasteiger partial charge in [0, 0.05) is 43.9 Å². The lowest BCUT2D eigenvalue weighted by molar-refractivity contribution is -0.151. The van der Waals surface area contributed by atoms with Gasteiger partial charge in [-0.1, -0.05) is 12.5 Å². The van der Waals surface area contributed by atoms with Crippen LogP contribution in [0.25, 0.3) is 11.1 Å². The Kier molecular flexibility index (Phi) is 11.6. The van der Waals surface area contributed by atoms with Crippen molar-refractivity contribution in [2.45, 2.75) is 111 Å². The van der Waals surface area contributed by atoms with Crippen molar-refractivity contribution >= 4 is 23.7 Å². The average molecular weight is 584 g/mol. The molecule has 0 radical (unpaired) electrons. The molecule has 0 unspecified atom stereocenters. The van der Waals surface area contributed by atoms with E-state index < -0.39 is 6.09 Å². The number of ether oxygens (including phenoxy) is 2. The molecule has 232 valence electrons. The standard InChI is InChI=1S/C26H37N5O3.C6H12O2/c1-18(2)34-26(33)28-24-14-19(3)31(20(4)32)25-9-8-21(15-23(24)25)22-16-27-30(17-22)13-12-29-10-6-5-7-11-29;1-5(7)8-6(2,3)4/h8-9,15-19,24H,5-7,10-14H2,1-4H3,(H,28,33);1-4H3/t19-,24+;/m1./s1. The largest absolute Gasteiger partial charge is 0.460 e. The van der Waals surface area contributed by atoms with E-state index >= 15 is 0 Å². The van der Waals surface area contributed by atoms with Gasteiger partial charge in [-0.15, -0.1) is 0 Å². The number of hydrogen-bond donors (Lipinski definition) is 1. The van der Waals surface area contributed by atoms with Crippen molar-refractivity contribution in [1.29, 1.82) is 0 Å². The van der Waals surface area contributed by atoms with Gasteiger partial charge < -0.3 is 24.6 Å². The molecule has 0 bridgehead atoms. The highest BCUT2D eigenvalue weighted by Crippen LogP contribution is 2.39. The van der Waals surface area contributed by atoms with E-state index in [4.69, 9.17) is 9.47 Å². The number of hydrogen-bond acceptors (Lipinski definition) is 7. The average Bonchev–Trinajstić information content (AvgIpc) is 3.35. The van der Waals surface area contributed by atoms with Crippen LogP contribution in [0.2, 0.25) is 0 Å². The smallest absolute Gasteiger partial charge is 0.407 e. The van der Waals surface area contributed by atoms with Gasteiger partial charge in [-0.05, 0) is 97.2 Å². The molecule has 0 saturated carbocycles. The Hall–Kier alpha value is -3.40. The maximum atomic E-state index is 12.4. The Morgan fingerprint density at radius 1 is 1.05 bits per heavy atom. The lowest BCUT2D eigenvalue weighted by atomic mass is 9.89. The molecular formula is C32H49N5O5. The maximum Gasteiger partial charge on any atom is 0.407 e. The van der Waals surface area contributed by atoms with E-state index in [0.29, 0.717) is 6.42 Å². The van der Waals surface area contributed by atoms with E-state index in [2.05, 4.69) is 27.6 Å². The second-order valence-corrected chi connectivity index (χ2v) is 12.5. The number of anilines is 1. The summed E-state index contributed by atoms with van der Waals surface area (Å²) in [6.07, 6.45) is 7.87. The SMILES string of the molecule is CC(=O)N1c2ccc(-c3cnn(CCN4CCCCC4)c3)cc2[C@@H](NC(=O)OC(C)C)C[C@H]1C.CC(=O)OC(C)(C)C. The number of benzene rings is 1. The quantitative estimate of drug-likeness (QED) is 0.435. The molecule has 2 aliphatic rings. The first-order valence-corrected chi connectivity index (χ1v) is 15.1. The van der Waals surface area contributed by atoms with Gasteiger partial charge in [-0.25, -0.2) is 4.79 Å². The second-order valence-electron chi connectivity index (χ2n) is 12.5. The van der Waals surface area contributed by atoms with E-state index in [1.54, 1.807) is 6.92 Å². The van der Waals surface area contributed by atoms with Crippen LogP contribution in [-0.2, 0) is 25.6 Å². The molecule has 42 heavy (non-hydrogen) atoms. The fourth-order valence-electron chi connectivity index (χ4n) is 5.54. The van der Waals surface area contributed by atoms with Gasteiger partial charge in [-0.2, -0.15) is 5.10 Å². The van der Waals surface area contributed by atoms with Gasteiger partial charge in [0.1, 0.15) is 5.60 Å². The molecule has 3 heterocycles. The molecule has 4 rings (SSSR count). The third-order valence-corrected chi connectivity index (χ3v) is 7.16. The Morgan fingerprint density at radius 3 is 2.31 bits per heavy atom. The lowest BCUT2D eigenvalue weighted by Gasteiger charge is -2.39. The number of likely N-dealkylation sites (tertiary alicyclic amines) is 1. The molecule has 10 heteroatoms. The zero-order valence-corrected chi connectivity index (χ0v) is 26.6. The summed E-state index contributed by atoms with van der Waals surface area (Å²) in [5.74, 6) is -0.229. The molecule has 2 aliphatic heterocycles. The van der Waals surface area contributed by atoms with E-state index in [-0.39, 0.29) is 35.7 Å². The number of carbonyl (C=O) groups excluding carboxylic acids is 3. The Labute approximate surface area is 250 Å². The van der Waals surface area contributed by atoms with Crippen LogP contribution in [0.4, 0.5) is 10.5 Å². The summed E-state index contributed by atoms with van der Waals surface area (Å²) in [6.45, 7) is 18.4. The maximum absolute atomic E-state index is 12.4. The first-order valence-electron chi connectivity index (χ1n) is 15.1. The number of nitrogens with one attached hydrogen (secondary N) is 1. The monoisotopic (exact) mass is 583 g/mol.